The van der Waals surface area contributed by atoms with Gasteiger partial charge in [-0.3, -0.25) is 9.59 Å². The number of rotatable bonds is 8. The lowest BCUT2D eigenvalue weighted by Gasteiger charge is -2.55. The van der Waals surface area contributed by atoms with Crippen LogP contribution in [0.15, 0.2) is 12.1 Å². The maximum atomic E-state index is 13.0. The van der Waals surface area contributed by atoms with Gasteiger partial charge in [-0.2, -0.15) is 0 Å². The predicted octanol–water partition coefficient (Wildman–Crippen LogP) is 3.91. The number of benzene rings is 1. The van der Waals surface area contributed by atoms with Crippen molar-refractivity contribution in [1.29, 1.82) is 0 Å². The highest BCUT2D eigenvalue weighted by Gasteiger charge is 2.54. The highest BCUT2D eigenvalue weighted by atomic mass is 16.5. The van der Waals surface area contributed by atoms with E-state index in [1.54, 1.807) is 14.2 Å². The van der Waals surface area contributed by atoms with Crippen molar-refractivity contribution in [3.63, 3.8) is 0 Å². The normalized spacial score (nSPS) is 29.4. The van der Waals surface area contributed by atoms with Crippen LogP contribution in [0.2, 0.25) is 0 Å². The molecule has 1 atom stereocenters. The van der Waals surface area contributed by atoms with E-state index < -0.39 is 0 Å². The summed E-state index contributed by atoms with van der Waals surface area (Å²) >= 11 is 0. The topological polar surface area (TPSA) is 76.7 Å². The average molecular weight is 429 g/mol. The quantitative estimate of drug-likeness (QED) is 0.658. The zero-order chi connectivity index (χ0) is 22.2. The van der Waals surface area contributed by atoms with Gasteiger partial charge in [0, 0.05) is 18.4 Å². The van der Waals surface area contributed by atoms with Gasteiger partial charge in [-0.25, -0.2) is 0 Å². The number of methoxy groups -OCH3 is 2. The third-order valence-electron chi connectivity index (χ3n) is 7.77. The number of hydrogen-bond acceptors (Lipinski definition) is 4. The van der Waals surface area contributed by atoms with Crippen LogP contribution in [0.5, 0.6) is 11.5 Å². The Bertz CT molecular complexity index is 815. The van der Waals surface area contributed by atoms with E-state index in [2.05, 4.69) is 10.6 Å². The molecule has 2 amide bonds. The lowest BCUT2D eigenvalue weighted by atomic mass is 9.49. The first kappa shape index (κ1) is 22.0. The van der Waals surface area contributed by atoms with Crippen molar-refractivity contribution < 1.29 is 19.1 Å². The number of amides is 2. The standard InChI is InChI=1S/C25H36N2O4/c1-15-7-21(30-3)22(31-4)11-20(15)16(2)27-23(28)5-6-26-24(29)25-12-17-8-18(13-25)10-19(9-17)14-25/h7,11,16-19H,5-6,8-10,12-14H2,1-4H3,(H,26,29)(H,27,28). The van der Waals surface area contributed by atoms with Crippen molar-refractivity contribution in [3.8, 4) is 11.5 Å². The van der Waals surface area contributed by atoms with Crippen LogP contribution in [0.1, 0.15) is 69.0 Å². The van der Waals surface area contributed by atoms with E-state index in [-0.39, 0.29) is 29.7 Å². The second-order valence-electron chi connectivity index (χ2n) is 10.1. The van der Waals surface area contributed by atoms with Crippen molar-refractivity contribution in [2.75, 3.05) is 20.8 Å². The molecule has 0 radical (unpaired) electrons. The number of nitrogens with one attached hydrogen (secondary N) is 2. The second-order valence-corrected chi connectivity index (χ2v) is 10.1. The van der Waals surface area contributed by atoms with Crippen LogP contribution in [-0.4, -0.2) is 32.6 Å². The molecule has 5 rings (SSSR count). The minimum Gasteiger partial charge on any atom is -0.493 e. The summed E-state index contributed by atoms with van der Waals surface area (Å²) in [6.45, 7) is 4.34. The van der Waals surface area contributed by atoms with Crippen LogP contribution in [0, 0.1) is 30.1 Å². The molecular formula is C25H36N2O4. The molecule has 4 fully saturated rings. The van der Waals surface area contributed by atoms with Gasteiger partial charge in [0.1, 0.15) is 0 Å². The van der Waals surface area contributed by atoms with Gasteiger partial charge in [0.2, 0.25) is 11.8 Å². The van der Waals surface area contributed by atoms with Crippen LogP contribution in [0.25, 0.3) is 0 Å². The molecule has 1 aromatic rings. The Morgan fingerprint density at radius 3 is 2.13 bits per heavy atom. The Morgan fingerprint density at radius 2 is 1.58 bits per heavy atom. The third-order valence-corrected chi connectivity index (χ3v) is 7.77. The zero-order valence-corrected chi connectivity index (χ0v) is 19.3. The Labute approximate surface area is 185 Å². The average Bonchev–Trinajstić information content (AvgIpc) is 2.72. The first-order chi connectivity index (χ1) is 14.8. The van der Waals surface area contributed by atoms with E-state index in [0.29, 0.717) is 18.0 Å². The zero-order valence-electron chi connectivity index (χ0n) is 19.3. The Kier molecular flexibility index (Phi) is 6.18. The number of ether oxygens (including phenoxy) is 2. The summed E-state index contributed by atoms with van der Waals surface area (Å²) in [5, 5.41) is 6.14. The molecule has 0 saturated heterocycles. The number of carbonyl (C=O) groups is 2. The van der Waals surface area contributed by atoms with Gasteiger partial charge in [-0.1, -0.05) is 0 Å². The van der Waals surface area contributed by atoms with Gasteiger partial charge in [-0.05, 0) is 93.4 Å². The SMILES string of the molecule is COc1cc(C)c(C(C)NC(=O)CCNC(=O)C23CC4CC(CC(C4)C2)C3)cc1OC. The summed E-state index contributed by atoms with van der Waals surface area (Å²) in [4.78, 5) is 25.6. The molecule has 4 aliphatic carbocycles. The largest absolute Gasteiger partial charge is 0.493 e. The van der Waals surface area contributed by atoms with Crippen molar-refractivity contribution in [2.45, 2.75) is 64.8 Å². The molecule has 4 saturated carbocycles. The lowest BCUT2D eigenvalue weighted by molar-refractivity contribution is -0.146. The van der Waals surface area contributed by atoms with Gasteiger partial charge < -0.3 is 20.1 Å². The van der Waals surface area contributed by atoms with Crippen LogP contribution < -0.4 is 20.1 Å². The van der Waals surface area contributed by atoms with Gasteiger partial charge in [0.05, 0.1) is 20.3 Å². The third kappa shape index (κ3) is 4.39. The monoisotopic (exact) mass is 428 g/mol. The minimum atomic E-state index is -0.161. The van der Waals surface area contributed by atoms with E-state index in [1.807, 2.05) is 26.0 Å². The number of aryl methyl sites for hydroxylation is 1. The van der Waals surface area contributed by atoms with E-state index >= 15 is 0 Å². The van der Waals surface area contributed by atoms with E-state index in [9.17, 15) is 9.59 Å². The first-order valence-corrected chi connectivity index (χ1v) is 11.6. The molecule has 6 heteroatoms. The molecule has 1 unspecified atom stereocenters. The summed E-state index contributed by atoms with van der Waals surface area (Å²) in [6.07, 6.45) is 7.40. The summed E-state index contributed by atoms with van der Waals surface area (Å²) in [6, 6.07) is 3.67. The van der Waals surface area contributed by atoms with Crippen LogP contribution >= 0.6 is 0 Å². The van der Waals surface area contributed by atoms with Gasteiger partial charge in [0.25, 0.3) is 0 Å². The summed E-state index contributed by atoms with van der Waals surface area (Å²) in [7, 11) is 3.21. The van der Waals surface area contributed by atoms with Gasteiger partial charge in [-0.15, -0.1) is 0 Å². The molecule has 1 aromatic carbocycles. The smallest absolute Gasteiger partial charge is 0.226 e. The summed E-state index contributed by atoms with van der Waals surface area (Å²) in [5.41, 5.74) is 1.86. The van der Waals surface area contributed by atoms with Crippen molar-refractivity contribution in [1.82, 2.24) is 10.6 Å². The molecule has 6 nitrogen and oxygen atoms in total. The van der Waals surface area contributed by atoms with Crippen LogP contribution in [-0.2, 0) is 9.59 Å². The summed E-state index contributed by atoms with van der Waals surface area (Å²) < 4.78 is 10.7. The van der Waals surface area contributed by atoms with Crippen molar-refractivity contribution in [3.05, 3.63) is 23.3 Å². The highest BCUT2D eigenvalue weighted by molar-refractivity contribution is 5.84. The maximum Gasteiger partial charge on any atom is 0.226 e. The fraction of sp³-hybridized carbons (Fsp3) is 0.680. The molecule has 0 spiro atoms. The first-order valence-electron chi connectivity index (χ1n) is 11.6. The van der Waals surface area contributed by atoms with Gasteiger partial charge in [0.15, 0.2) is 11.5 Å². The molecular weight excluding hydrogens is 392 g/mol. The Balaban J connectivity index is 1.28. The molecule has 4 aliphatic rings. The molecule has 4 bridgehead atoms. The van der Waals surface area contributed by atoms with Crippen molar-refractivity contribution >= 4 is 11.8 Å². The van der Waals surface area contributed by atoms with Crippen LogP contribution in [0.4, 0.5) is 0 Å². The van der Waals surface area contributed by atoms with Crippen molar-refractivity contribution in [2.24, 2.45) is 23.2 Å². The minimum absolute atomic E-state index is 0.0625. The number of carbonyl (C=O) groups excluding carboxylic acids is 2. The molecule has 0 aromatic heterocycles. The molecule has 2 N–H and O–H groups in total. The lowest BCUT2D eigenvalue weighted by Crippen LogP contribution is -2.53. The molecule has 0 heterocycles. The Hall–Kier alpha value is -2.24. The Morgan fingerprint density at radius 1 is 1.03 bits per heavy atom. The fourth-order valence-electron chi connectivity index (χ4n) is 6.72. The molecule has 170 valence electrons. The summed E-state index contributed by atoms with van der Waals surface area (Å²) in [5.74, 6) is 3.67. The van der Waals surface area contributed by atoms with Gasteiger partial charge >= 0.3 is 0 Å². The second kappa shape index (κ2) is 8.71. The maximum absolute atomic E-state index is 13.0. The van der Waals surface area contributed by atoms with E-state index in [0.717, 1.165) is 48.1 Å². The molecule has 0 aliphatic heterocycles. The van der Waals surface area contributed by atoms with Crippen LogP contribution in [0.3, 0.4) is 0 Å². The predicted molar refractivity (Wildman–Crippen MR) is 119 cm³/mol. The van der Waals surface area contributed by atoms with E-state index in [1.165, 1.54) is 19.3 Å². The molecule has 31 heavy (non-hydrogen) atoms. The fourth-order valence-corrected chi connectivity index (χ4v) is 6.72. The van der Waals surface area contributed by atoms with E-state index in [4.69, 9.17) is 9.47 Å². The highest BCUT2D eigenvalue weighted by Crippen LogP contribution is 2.60. The number of hydrogen-bond donors (Lipinski definition) is 2.